The molecule has 0 fully saturated rings. The summed E-state index contributed by atoms with van der Waals surface area (Å²) in [6, 6.07) is 5.63. The fraction of sp³-hybridized carbons (Fsp3) is 0.182. The van der Waals surface area contributed by atoms with Crippen molar-refractivity contribution in [1.82, 2.24) is 0 Å². The summed E-state index contributed by atoms with van der Waals surface area (Å²) in [5.74, 6) is -2.90. The molecule has 0 saturated carbocycles. The maximum absolute atomic E-state index is 12.7. The predicted molar refractivity (Wildman–Crippen MR) is 58.2 cm³/mol. The molecule has 18 heavy (non-hydrogen) atoms. The molecule has 0 amide bonds. The van der Waals surface area contributed by atoms with Crippen molar-refractivity contribution in [2.75, 3.05) is 0 Å². The monoisotopic (exact) mass is 316 g/mol. The average molecular weight is 317 g/mol. The highest BCUT2D eigenvalue weighted by molar-refractivity contribution is 9.10. The summed E-state index contributed by atoms with van der Waals surface area (Å²) in [6.45, 7) is 0. The summed E-state index contributed by atoms with van der Waals surface area (Å²) in [4.78, 5) is 11.6. The number of rotatable bonds is 2. The van der Waals surface area contributed by atoms with Crippen molar-refractivity contribution >= 4 is 21.7 Å². The second kappa shape index (κ2) is 5.19. The molecule has 1 aromatic carbocycles. The molecule has 1 aromatic rings. The zero-order valence-corrected chi connectivity index (χ0v) is 10.2. The highest BCUT2D eigenvalue weighted by atomic mass is 79.9. The first-order valence-electron chi connectivity index (χ1n) is 4.51. The van der Waals surface area contributed by atoms with Gasteiger partial charge in [-0.05, 0) is 18.2 Å². The summed E-state index contributed by atoms with van der Waals surface area (Å²) in [5, 5.41) is 17.0. The van der Waals surface area contributed by atoms with Crippen LogP contribution in [0.2, 0.25) is 0 Å². The van der Waals surface area contributed by atoms with Crippen molar-refractivity contribution in [2.24, 2.45) is 5.92 Å². The number of benzene rings is 1. The molecule has 0 unspecified atom stereocenters. The first kappa shape index (κ1) is 14.2. The lowest BCUT2D eigenvalue weighted by atomic mass is 9.95. The van der Waals surface area contributed by atoms with Gasteiger partial charge in [0.15, 0.2) is 11.7 Å². The summed E-state index contributed by atoms with van der Waals surface area (Å²) < 4.78 is 38.3. The number of halogens is 4. The van der Waals surface area contributed by atoms with Gasteiger partial charge in [0, 0.05) is 10.0 Å². The lowest BCUT2D eigenvalue weighted by Crippen LogP contribution is -2.18. The molecule has 0 aliphatic rings. The van der Waals surface area contributed by atoms with Crippen LogP contribution in [0.3, 0.4) is 0 Å². The molecule has 0 radical (unpaired) electrons. The van der Waals surface area contributed by atoms with Gasteiger partial charge in [-0.1, -0.05) is 15.9 Å². The van der Waals surface area contributed by atoms with Crippen LogP contribution in [-0.4, -0.2) is 5.78 Å². The SMILES string of the molecule is N#CC(C#N)C(=O)c1ccc(Br)cc1C(F)(F)F. The van der Waals surface area contributed by atoms with Gasteiger partial charge in [0.05, 0.1) is 17.7 Å². The van der Waals surface area contributed by atoms with Gasteiger partial charge in [-0.3, -0.25) is 4.79 Å². The van der Waals surface area contributed by atoms with Crippen molar-refractivity contribution in [3.8, 4) is 12.1 Å². The van der Waals surface area contributed by atoms with Crippen molar-refractivity contribution in [1.29, 1.82) is 10.5 Å². The maximum Gasteiger partial charge on any atom is 0.417 e. The van der Waals surface area contributed by atoms with Crippen molar-refractivity contribution in [2.45, 2.75) is 6.18 Å². The molecule has 1 rings (SSSR count). The topological polar surface area (TPSA) is 64.7 Å². The largest absolute Gasteiger partial charge is 0.417 e. The Morgan fingerprint density at radius 1 is 1.28 bits per heavy atom. The van der Waals surface area contributed by atoms with Crippen LogP contribution in [0.25, 0.3) is 0 Å². The second-order valence-electron chi connectivity index (χ2n) is 3.24. The third kappa shape index (κ3) is 2.88. The Morgan fingerprint density at radius 2 is 1.83 bits per heavy atom. The van der Waals surface area contributed by atoms with E-state index in [2.05, 4.69) is 15.9 Å². The standard InChI is InChI=1S/C11H4BrF3N2O/c12-7-1-2-8(9(3-7)11(13,14)15)10(18)6(4-16)5-17/h1-3,6H. The van der Waals surface area contributed by atoms with Crippen molar-refractivity contribution in [3.05, 3.63) is 33.8 Å². The van der Waals surface area contributed by atoms with E-state index in [0.29, 0.717) is 0 Å². The molecule has 0 N–H and O–H groups in total. The van der Waals surface area contributed by atoms with Crippen LogP contribution in [0.4, 0.5) is 13.2 Å². The first-order chi connectivity index (χ1) is 8.31. The Bertz CT molecular complexity index is 555. The third-order valence-electron chi connectivity index (χ3n) is 2.07. The van der Waals surface area contributed by atoms with Crippen molar-refractivity contribution < 1.29 is 18.0 Å². The quantitative estimate of drug-likeness (QED) is 0.786. The highest BCUT2D eigenvalue weighted by Crippen LogP contribution is 2.34. The molecule has 92 valence electrons. The van der Waals surface area contributed by atoms with E-state index in [1.54, 1.807) is 0 Å². The Kier molecular flexibility index (Phi) is 4.10. The molecule has 0 bridgehead atoms. The van der Waals surface area contributed by atoms with Gasteiger partial charge in [0.1, 0.15) is 0 Å². The third-order valence-corrected chi connectivity index (χ3v) is 2.57. The Labute approximate surface area is 109 Å². The van der Waals surface area contributed by atoms with E-state index in [9.17, 15) is 18.0 Å². The van der Waals surface area contributed by atoms with Crippen LogP contribution in [-0.2, 0) is 6.18 Å². The number of hydrogen-bond acceptors (Lipinski definition) is 3. The predicted octanol–water partition coefficient (Wildman–Crippen LogP) is 3.31. The number of carbonyl (C=O) groups excluding carboxylic acids is 1. The van der Waals surface area contributed by atoms with E-state index in [0.717, 1.165) is 12.1 Å². The van der Waals surface area contributed by atoms with Gasteiger partial charge < -0.3 is 0 Å². The molecule has 3 nitrogen and oxygen atoms in total. The first-order valence-corrected chi connectivity index (χ1v) is 5.30. The minimum absolute atomic E-state index is 0.150. The average Bonchev–Trinajstić information content (AvgIpc) is 2.29. The molecule has 0 aliphatic carbocycles. The van der Waals surface area contributed by atoms with Gasteiger partial charge in [0.25, 0.3) is 0 Å². The molecule has 0 atom stereocenters. The summed E-state index contributed by atoms with van der Waals surface area (Å²) in [5.41, 5.74) is -1.85. The van der Waals surface area contributed by atoms with E-state index in [4.69, 9.17) is 10.5 Å². The minimum atomic E-state index is -4.73. The van der Waals surface area contributed by atoms with Crippen LogP contribution >= 0.6 is 15.9 Å². The highest BCUT2D eigenvalue weighted by Gasteiger charge is 2.36. The number of nitrogens with zero attached hydrogens (tertiary/aromatic N) is 2. The van der Waals surface area contributed by atoms with Gasteiger partial charge in [-0.15, -0.1) is 0 Å². The molecule has 7 heteroatoms. The smallest absolute Gasteiger partial charge is 0.291 e. The molecular formula is C11H4BrF3N2O. The molecular weight excluding hydrogens is 313 g/mol. The Morgan fingerprint density at radius 3 is 2.28 bits per heavy atom. The maximum atomic E-state index is 12.7. The van der Waals surface area contributed by atoms with E-state index in [1.165, 1.54) is 18.2 Å². The van der Waals surface area contributed by atoms with Gasteiger partial charge in [0.2, 0.25) is 0 Å². The zero-order chi connectivity index (χ0) is 13.9. The molecule has 0 aliphatic heterocycles. The molecule has 0 aromatic heterocycles. The number of Topliss-reactive ketones (excluding diaryl/α,β-unsaturated/α-hetero) is 1. The van der Waals surface area contributed by atoms with E-state index in [1.807, 2.05) is 0 Å². The van der Waals surface area contributed by atoms with Crippen LogP contribution in [0.5, 0.6) is 0 Å². The molecule has 0 heterocycles. The number of carbonyl (C=O) groups is 1. The van der Waals surface area contributed by atoms with E-state index >= 15 is 0 Å². The Hall–Kier alpha value is -1.86. The fourth-order valence-corrected chi connectivity index (χ4v) is 1.63. The van der Waals surface area contributed by atoms with Gasteiger partial charge >= 0.3 is 6.18 Å². The minimum Gasteiger partial charge on any atom is -0.291 e. The number of alkyl halides is 3. The van der Waals surface area contributed by atoms with Gasteiger partial charge in [-0.25, -0.2) is 0 Å². The number of ketones is 1. The lowest BCUT2D eigenvalue weighted by molar-refractivity contribution is -0.138. The van der Waals surface area contributed by atoms with Crippen LogP contribution < -0.4 is 0 Å². The van der Waals surface area contributed by atoms with Crippen molar-refractivity contribution in [3.63, 3.8) is 0 Å². The normalized spacial score (nSPS) is 10.8. The summed E-state index contributed by atoms with van der Waals surface area (Å²) >= 11 is 2.87. The summed E-state index contributed by atoms with van der Waals surface area (Å²) in [6.07, 6.45) is -4.73. The van der Waals surface area contributed by atoms with Crippen LogP contribution in [0.1, 0.15) is 15.9 Å². The summed E-state index contributed by atoms with van der Waals surface area (Å²) in [7, 11) is 0. The van der Waals surface area contributed by atoms with E-state index in [-0.39, 0.29) is 4.47 Å². The van der Waals surface area contributed by atoms with E-state index < -0.39 is 29.0 Å². The van der Waals surface area contributed by atoms with Gasteiger partial charge in [-0.2, -0.15) is 23.7 Å². The molecule has 0 spiro atoms. The number of nitriles is 2. The zero-order valence-electron chi connectivity index (χ0n) is 8.62. The second-order valence-corrected chi connectivity index (χ2v) is 4.16. The van der Waals surface area contributed by atoms with Crippen LogP contribution in [0.15, 0.2) is 22.7 Å². The Balaban J connectivity index is 3.39. The fourth-order valence-electron chi connectivity index (χ4n) is 1.27. The molecule has 0 saturated heterocycles. The van der Waals surface area contributed by atoms with Crippen LogP contribution in [0, 0.1) is 28.6 Å². The number of hydrogen-bond donors (Lipinski definition) is 0. The lowest BCUT2D eigenvalue weighted by Gasteiger charge is -2.12.